The summed E-state index contributed by atoms with van der Waals surface area (Å²) in [6.45, 7) is 4.20. The van der Waals surface area contributed by atoms with Gasteiger partial charge in [-0.25, -0.2) is 9.37 Å². The summed E-state index contributed by atoms with van der Waals surface area (Å²) in [5.74, 6) is 1.15. The fraction of sp³-hybridized carbons (Fsp3) is 0.560. The molecule has 0 radical (unpaired) electrons. The highest BCUT2D eigenvalue weighted by atomic mass is 19.1. The number of aromatic nitrogens is 2. The average molecular weight is 466 g/mol. The highest BCUT2D eigenvalue weighted by Crippen LogP contribution is 2.46. The molecule has 0 bridgehead atoms. The summed E-state index contributed by atoms with van der Waals surface area (Å²) in [7, 11) is 2.09. The number of halogens is 1. The van der Waals surface area contributed by atoms with Crippen LogP contribution in [0.1, 0.15) is 37.7 Å². The molecule has 1 aromatic carbocycles. The van der Waals surface area contributed by atoms with Crippen LogP contribution in [0.3, 0.4) is 0 Å². The van der Waals surface area contributed by atoms with Crippen LogP contribution in [0.15, 0.2) is 24.4 Å². The van der Waals surface area contributed by atoms with Crippen molar-refractivity contribution >= 4 is 29.0 Å². The minimum absolute atomic E-state index is 0.105. The molecule has 6 rings (SSSR count). The Bertz CT molecular complexity index is 1100. The summed E-state index contributed by atoms with van der Waals surface area (Å²) < 4.78 is 15.0. The molecule has 0 unspecified atom stereocenters. The lowest BCUT2D eigenvalue weighted by Gasteiger charge is -2.38. The van der Waals surface area contributed by atoms with Gasteiger partial charge in [0.2, 0.25) is 11.9 Å². The number of amides is 1. The molecule has 1 spiro atoms. The Morgan fingerprint density at radius 1 is 1.18 bits per heavy atom. The van der Waals surface area contributed by atoms with Crippen LogP contribution in [0.25, 0.3) is 0 Å². The fourth-order valence-electron chi connectivity index (χ4n) is 6.16. The highest BCUT2D eigenvalue weighted by molar-refractivity contribution is 5.94. The molecule has 1 aromatic heterocycles. The Morgan fingerprint density at radius 3 is 2.68 bits per heavy atom. The van der Waals surface area contributed by atoms with Crippen LogP contribution in [0.4, 0.5) is 27.5 Å². The Labute approximate surface area is 199 Å². The first kappa shape index (κ1) is 21.6. The minimum atomic E-state index is -0.541. The van der Waals surface area contributed by atoms with Gasteiger partial charge in [0, 0.05) is 62.6 Å². The van der Waals surface area contributed by atoms with E-state index in [0.29, 0.717) is 36.3 Å². The van der Waals surface area contributed by atoms with E-state index in [1.807, 2.05) is 18.3 Å². The third-order valence-electron chi connectivity index (χ3n) is 8.00. The SMILES string of the molecule is CN1CCN(c2ccc(Nc3ncc4c(n3)N(C3CCCC3)[C@@]3(CCNC3=O)C4)cc2F)CC1. The first-order chi connectivity index (χ1) is 16.5. The molecule has 2 aromatic rings. The molecule has 34 heavy (non-hydrogen) atoms. The summed E-state index contributed by atoms with van der Waals surface area (Å²) >= 11 is 0. The van der Waals surface area contributed by atoms with Crippen molar-refractivity contribution in [3.63, 3.8) is 0 Å². The van der Waals surface area contributed by atoms with Gasteiger partial charge >= 0.3 is 0 Å². The van der Waals surface area contributed by atoms with Gasteiger partial charge in [-0.3, -0.25) is 4.79 Å². The number of nitrogens with zero attached hydrogens (tertiary/aromatic N) is 5. The third kappa shape index (κ3) is 3.57. The highest BCUT2D eigenvalue weighted by Gasteiger charge is 2.55. The molecule has 1 atom stereocenters. The number of anilines is 4. The van der Waals surface area contributed by atoms with Crippen LogP contribution in [0, 0.1) is 5.82 Å². The predicted octanol–water partition coefficient (Wildman–Crippen LogP) is 2.67. The fourth-order valence-corrected chi connectivity index (χ4v) is 6.16. The number of fused-ring (bicyclic) bond motifs is 1. The zero-order chi connectivity index (χ0) is 23.3. The van der Waals surface area contributed by atoms with Crippen LogP contribution < -0.4 is 20.4 Å². The number of carbonyl (C=O) groups excluding carboxylic acids is 1. The van der Waals surface area contributed by atoms with Crippen LogP contribution >= 0.6 is 0 Å². The van der Waals surface area contributed by atoms with E-state index in [1.165, 1.54) is 18.9 Å². The average Bonchev–Trinajstić information content (AvgIpc) is 3.54. The van der Waals surface area contributed by atoms with Gasteiger partial charge in [0.25, 0.3) is 0 Å². The van der Waals surface area contributed by atoms with E-state index < -0.39 is 5.54 Å². The van der Waals surface area contributed by atoms with E-state index in [0.717, 1.165) is 56.8 Å². The summed E-state index contributed by atoms with van der Waals surface area (Å²) in [4.78, 5) is 29.0. The van der Waals surface area contributed by atoms with Crippen LogP contribution in [0.2, 0.25) is 0 Å². The molecular weight excluding hydrogens is 433 g/mol. The van der Waals surface area contributed by atoms with E-state index in [-0.39, 0.29) is 11.7 Å². The Balaban J connectivity index is 1.26. The maximum absolute atomic E-state index is 15.0. The summed E-state index contributed by atoms with van der Waals surface area (Å²) in [6, 6.07) is 5.56. The molecule has 3 fully saturated rings. The lowest BCUT2D eigenvalue weighted by Crippen LogP contribution is -2.56. The number of benzene rings is 1. The number of hydrogen-bond donors (Lipinski definition) is 2. The monoisotopic (exact) mass is 465 g/mol. The number of rotatable bonds is 4. The van der Waals surface area contributed by atoms with Gasteiger partial charge in [-0.2, -0.15) is 4.98 Å². The van der Waals surface area contributed by atoms with E-state index in [4.69, 9.17) is 4.98 Å². The van der Waals surface area contributed by atoms with Gasteiger partial charge in [-0.05, 0) is 44.5 Å². The standard InChI is InChI=1S/C25H32FN7O/c1-31-10-12-32(13-11-31)21-7-6-18(14-20(21)26)29-24-28-16-17-15-25(8-9-27-23(25)34)33(22(17)30-24)19-4-2-3-5-19/h6-7,14,16,19H,2-5,8-13,15H2,1H3,(H,27,34)(H,28,29,30)/t25-/m0/s1. The summed E-state index contributed by atoms with van der Waals surface area (Å²) in [6.07, 6.45) is 7.81. The van der Waals surface area contributed by atoms with Crippen LogP contribution in [0.5, 0.6) is 0 Å². The van der Waals surface area contributed by atoms with Gasteiger partial charge in [0.05, 0.1) is 5.69 Å². The van der Waals surface area contributed by atoms with Crippen molar-refractivity contribution in [3.05, 3.63) is 35.8 Å². The van der Waals surface area contributed by atoms with Crippen LogP contribution in [-0.2, 0) is 11.2 Å². The zero-order valence-corrected chi connectivity index (χ0v) is 19.7. The van der Waals surface area contributed by atoms with Crippen molar-refractivity contribution in [2.24, 2.45) is 0 Å². The molecule has 180 valence electrons. The van der Waals surface area contributed by atoms with E-state index in [1.54, 1.807) is 0 Å². The quantitative estimate of drug-likeness (QED) is 0.719. The molecule has 1 aliphatic carbocycles. The summed E-state index contributed by atoms with van der Waals surface area (Å²) in [5.41, 5.74) is 1.73. The second-order valence-electron chi connectivity index (χ2n) is 10.1. The smallest absolute Gasteiger partial charge is 0.246 e. The van der Waals surface area contributed by atoms with Crippen molar-refractivity contribution in [2.75, 3.05) is 54.9 Å². The van der Waals surface area contributed by atoms with E-state index >= 15 is 0 Å². The Kier molecular flexibility index (Phi) is 5.32. The maximum Gasteiger partial charge on any atom is 0.246 e. The molecule has 4 heterocycles. The first-order valence-electron chi connectivity index (χ1n) is 12.5. The molecular formula is C25H32FN7O. The molecule has 3 aliphatic heterocycles. The molecule has 2 N–H and O–H groups in total. The predicted molar refractivity (Wildman–Crippen MR) is 130 cm³/mol. The Morgan fingerprint density at radius 2 is 1.97 bits per heavy atom. The first-order valence-corrected chi connectivity index (χ1v) is 12.5. The Hall–Kier alpha value is -2.94. The molecule has 4 aliphatic rings. The van der Waals surface area contributed by atoms with E-state index in [9.17, 15) is 9.18 Å². The number of nitrogens with one attached hydrogen (secondary N) is 2. The van der Waals surface area contributed by atoms with Crippen LogP contribution in [-0.4, -0.2) is 72.1 Å². The molecule has 2 saturated heterocycles. The van der Waals surface area contributed by atoms with E-state index in [2.05, 4.69) is 37.4 Å². The maximum atomic E-state index is 15.0. The van der Waals surface area contributed by atoms with Gasteiger partial charge in [0.15, 0.2) is 0 Å². The van der Waals surface area contributed by atoms with Gasteiger partial charge in [-0.1, -0.05) is 12.8 Å². The van der Waals surface area contributed by atoms with Crippen molar-refractivity contribution in [1.29, 1.82) is 0 Å². The van der Waals surface area contributed by atoms with Crippen molar-refractivity contribution < 1.29 is 9.18 Å². The molecule has 1 amide bonds. The number of hydrogen-bond acceptors (Lipinski definition) is 7. The van der Waals surface area contributed by atoms with Gasteiger partial charge in [-0.15, -0.1) is 0 Å². The van der Waals surface area contributed by atoms with Gasteiger partial charge < -0.3 is 25.3 Å². The lowest BCUT2D eigenvalue weighted by molar-refractivity contribution is -0.123. The topological polar surface area (TPSA) is 76.6 Å². The number of carbonyl (C=O) groups is 1. The van der Waals surface area contributed by atoms with Crippen molar-refractivity contribution in [1.82, 2.24) is 20.2 Å². The third-order valence-corrected chi connectivity index (χ3v) is 8.00. The second kappa shape index (κ2) is 8.37. The second-order valence-corrected chi connectivity index (χ2v) is 10.1. The molecule has 9 heteroatoms. The molecule has 1 saturated carbocycles. The largest absolute Gasteiger partial charge is 0.367 e. The van der Waals surface area contributed by atoms with Gasteiger partial charge in [0.1, 0.15) is 17.2 Å². The minimum Gasteiger partial charge on any atom is -0.367 e. The number of piperazine rings is 1. The molecule has 8 nitrogen and oxygen atoms in total. The van der Waals surface area contributed by atoms with Crippen molar-refractivity contribution in [3.8, 4) is 0 Å². The van der Waals surface area contributed by atoms with Crippen molar-refractivity contribution in [2.45, 2.75) is 50.1 Å². The lowest BCUT2D eigenvalue weighted by atomic mass is 9.91. The summed E-state index contributed by atoms with van der Waals surface area (Å²) in [5, 5.41) is 6.24. The normalized spacial score (nSPS) is 25.3. The zero-order valence-electron chi connectivity index (χ0n) is 19.7. The number of likely N-dealkylation sites (N-methyl/N-ethyl adjacent to an activating group) is 1.